The third kappa shape index (κ3) is 24.9. The van der Waals surface area contributed by atoms with Crippen LogP contribution in [0, 0.1) is 0 Å². The Morgan fingerprint density at radius 3 is 1.43 bits per heavy atom. The fraction of sp³-hybridized carbons (Fsp3) is 1.00. The van der Waals surface area contributed by atoms with Crippen LogP contribution in [0.4, 0.5) is 0 Å². The number of rotatable bonds is 21. The summed E-state index contributed by atoms with van der Waals surface area (Å²) in [4.78, 5) is 0. The molecule has 0 aliphatic rings. The van der Waals surface area contributed by atoms with Gasteiger partial charge in [-0.1, -0.05) is 103 Å². The molecule has 0 aromatic carbocycles. The van der Waals surface area contributed by atoms with Crippen molar-refractivity contribution in [2.75, 3.05) is 19.0 Å². The fourth-order valence-corrected chi connectivity index (χ4v) is 3.96. The monoisotopic (exact) mass is 432 g/mol. The Bertz CT molecular complexity index is 410. The van der Waals surface area contributed by atoms with Gasteiger partial charge in [0.05, 0.1) is 12.7 Å². The van der Waals surface area contributed by atoms with Gasteiger partial charge in [0.2, 0.25) is 0 Å². The molecule has 0 radical (unpaired) electrons. The minimum Gasteiger partial charge on any atom is -1.00 e. The average molecular weight is 433 g/mol. The van der Waals surface area contributed by atoms with E-state index in [1.165, 1.54) is 89.9 Å². The fourth-order valence-electron chi connectivity index (χ4n) is 3.29. The van der Waals surface area contributed by atoms with Gasteiger partial charge in [-0.05, 0) is 6.42 Å². The summed E-state index contributed by atoms with van der Waals surface area (Å²) >= 11 is 0. The molecular formula is C21H45NaO5S. The molecule has 7 heteroatoms. The standard InChI is InChI=1S/C21H44O5S.Na.H/c1-2-3-4-5-6-7-8-9-10-11-12-13-14-15-16-17-18-26-21(19-22)20-27(23,24)25;;/h21-22H,2-20H2,1H3,(H,23,24,25);;/q;+1;-1. The van der Waals surface area contributed by atoms with E-state index in [2.05, 4.69) is 6.92 Å². The second-order valence-electron chi connectivity index (χ2n) is 7.73. The summed E-state index contributed by atoms with van der Waals surface area (Å²) in [5.41, 5.74) is 0. The van der Waals surface area contributed by atoms with Crippen LogP contribution >= 0.6 is 0 Å². The Hall–Kier alpha value is 0.830. The van der Waals surface area contributed by atoms with E-state index in [0.29, 0.717) is 6.61 Å². The topological polar surface area (TPSA) is 83.8 Å². The van der Waals surface area contributed by atoms with Gasteiger partial charge in [0.15, 0.2) is 0 Å². The van der Waals surface area contributed by atoms with Crippen LogP contribution in [0.15, 0.2) is 0 Å². The van der Waals surface area contributed by atoms with Gasteiger partial charge in [0, 0.05) is 6.61 Å². The molecule has 166 valence electrons. The van der Waals surface area contributed by atoms with Gasteiger partial charge in [0.25, 0.3) is 10.1 Å². The van der Waals surface area contributed by atoms with Crippen LogP contribution in [0.3, 0.4) is 0 Å². The van der Waals surface area contributed by atoms with Gasteiger partial charge >= 0.3 is 29.6 Å². The SMILES string of the molecule is CCCCCCCCCCCCCCCCCCOC(CO)CS(=O)(=O)O.[H-].[Na+]. The van der Waals surface area contributed by atoms with Crippen molar-refractivity contribution < 1.29 is 53.8 Å². The van der Waals surface area contributed by atoms with Gasteiger partial charge in [-0.25, -0.2) is 0 Å². The Balaban J connectivity index is -0.00000338. The Morgan fingerprint density at radius 1 is 0.750 bits per heavy atom. The molecule has 0 rings (SSSR count). The van der Waals surface area contributed by atoms with Crippen LogP contribution in [0.2, 0.25) is 0 Å². The van der Waals surface area contributed by atoms with Crippen LogP contribution in [0.1, 0.15) is 111 Å². The zero-order chi connectivity index (χ0) is 20.2. The predicted molar refractivity (Wildman–Crippen MR) is 114 cm³/mol. The van der Waals surface area contributed by atoms with Gasteiger partial charge in [0.1, 0.15) is 5.75 Å². The molecule has 0 saturated heterocycles. The molecule has 0 spiro atoms. The smallest absolute Gasteiger partial charge is 1.00 e. The maximum absolute atomic E-state index is 10.7. The summed E-state index contributed by atoms with van der Waals surface area (Å²) in [6.07, 6.45) is 20.0. The van der Waals surface area contributed by atoms with E-state index in [9.17, 15) is 8.42 Å². The molecule has 0 aliphatic heterocycles. The molecule has 28 heavy (non-hydrogen) atoms. The minimum atomic E-state index is -4.09. The molecule has 0 heterocycles. The van der Waals surface area contributed by atoms with E-state index in [-0.39, 0.29) is 31.0 Å². The zero-order valence-electron chi connectivity index (χ0n) is 19.5. The largest absolute Gasteiger partial charge is 1.00 e. The number of ether oxygens (including phenoxy) is 1. The van der Waals surface area contributed by atoms with Crippen molar-refractivity contribution >= 4 is 10.1 Å². The molecule has 0 fully saturated rings. The van der Waals surface area contributed by atoms with Crippen molar-refractivity contribution in [1.82, 2.24) is 0 Å². The second kappa shape index (κ2) is 22.5. The summed E-state index contributed by atoms with van der Waals surface area (Å²) < 4.78 is 35.5. The molecule has 0 saturated carbocycles. The first-order valence-corrected chi connectivity index (χ1v) is 12.8. The van der Waals surface area contributed by atoms with Gasteiger partial charge in [-0.15, -0.1) is 0 Å². The Morgan fingerprint density at radius 2 is 1.11 bits per heavy atom. The quantitative estimate of drug-likeness (QED) is 0.165. The average Bonchev–Trinajstić information content (AvgIpc) is 2.62. The maximum Gasteiger partial charge on any atom is 1.00 e. The number of unbranched alkanes of at least 4 members (excludes halogenated alkanes) is 15. The molecule has 1 atom stereocenters. The summed E-state index contributed by atoms with van der Waals surface area (Å²) in [7, 11) is -4.09. The van der Waals surface area contributed by atoms with Crippen LogP contribution in [-0.2, 0) is 14.9 Å². The summed E-state index contributed by atoms with van der Waals surface area (Å²) in [6.45, 7) is 2.30. The van der Waals surface area contributed by atoms with Gasteiger partial charge in [-0.3, -0.25) is 4.55 Å². The van der Waals surface area contributed by atoms with Crippen LogP contribution < -0.4 is 29.6 Å². The van der Waals surface area contributed by atoms with Crippen molar-refractivity contribution in [3.63, 3.8) is 0 Å². The maximum atomic E-state index is 10.7. The number of hydrogen-bond donors (Lipinski definition) is 2. The summed E-state index contributed by atoms with van der Waals surface area (Å²) in [5, 5.41) is 9.02. The molecule has 0 aliphatic carbocycles. The van der Waals surface area contributed by atoms with Gasteiger partial charge < -0.3 is 11.3 Å². The molecule has 0 aromatic rings. The van der Waals surface area contributed by atoms with Crippen molar-refractivity contribution in [2.24, 2.45) is 0 Å². The van der Waals surface area contributed by atoms with Crippen LogP contribution in [0.5, 0.6) is 0 Å². The molecule has 2 N–H and O–H groups in total. The van der Waals surface area contributed by atoms with E-state index in [4.69, 9.17) is 14.4 Å². The van der Waals surface area contributed by atoms with E-state index in [1.54, 1.807) is 0 Å². The first-order chi connectivity index (χ1) is 13.0. The first-order valence-electron chi connectivity index (χ1n) is 11.2. The van der Waals surface area contributed by atoms with Crippen molar-refractivity contribution in [3.05, 3.63) is 0 Å². The Kier molecular flexibility index (Phi) is 24.9. The van der Waals surface area contributed by atoms with Crippen LogP contribution in [-0.4, -0.2) is 43.1 Å². The van der Waals surface area contributed by atoms with E-state index < -0.39 is 28.6 Å². The third-order valence-electron chi connectivity index (χ3n) is 4.95. The molecule has 1 unspecified atom stereocenters. The molecule has 0 amide bonds. The Labute approximate surface area is 197 Å². The van der Waals surface area contributed by atoms with E-state index in [0.717, 1.165) is 12.8 Å². The molecular weight excluding hydrogens is 387 g/mol. The molecule has 0 aromatic heterocycles. The summed E-state index contributed by atoms with van der Waals surface area (Å²) in [5.74, 6) is -0.539. The summed E-state index contributed by atoms with van der Waals surface area (Å²) in [6, 6.07) is 0. The zero-order valence-corrected chi connectivity index (χ0v) is 21.4. The normalized spacial score (nSPS) is 12.7. The number of hydrogen-bond acceptors (Lipinski definition) is 4. The van der Waals surface area contributed by atoms with Crippen molar-refractivity contribution in [3.8, 4) is 0 Å². The number of aliphatic hydroxyl groups excluding tert-OH is 1. The second-order valence-corrected chi connectivity index (χ2v) is 9.22. The molecule has 5 nitrogen and oxygen atoms in total. The van der Waals surface area contributed by atoms with E-state index in [1.807, 2.05) is 0 Å². The van der Waals surface area contributed by atoms with Gasteiger partial charge in [-0.2, -0.15) is 8.42 Å². The first kappa shape index (κ1) is 31.0. The number of aliphatic hydroxyl groups is 1. The minimum absolute atomic E-state index is 0. The van der Waals surface area contributed by atoms with Crippen molar-refractivity contribution in [1.29, 1.82) is 0 Å². The van der Waals surface area contributed by atoms with Crippen molar-refractivity contribution in [2.45, 2.75) is 116 Å². The van der Waals surface area contributed by atoms with E-state index >= 15 is 0 Å². The molecule has 0 bridgehead atoms. The predicted octanol–water partition coefficient (Wildman–Crippen LogP) is 2.63. The third-order valence-corrected chi connectivity index (χ3v) is 5.74. The van der Waals surface area contributed by atoms with Crippen LogP contribution in [0.25, 0.3) is 0 Å².